The summed E-state index contributed by atoms with van der Waals surface area (Å²) in [6.45, 7) is 2.27. The fourth-order valence-electron chi connectivity index (χ4n) is 6.05. The van der Waals surface area contributed by atoms with E-state index in [2.05, 4.69) is 15.3 Å². The summed E-state index contributed by atoms with van der Waals surface area (Å²) in [4.78, 5) is 29.9. The molecule has 1 spiro atoms. The molecule has 1 saturated heterocycles. The predicted molar refractivity (Wildman–Crippen MR) is 168 cm³/mol. The minimum absolute atomic E-state index is 0.110. The third-order valence-electron chi connectivity index (χ3n) is 8.60. The number of ether oxygens (including phenoxy) is 1. The SMILES string of the molecule is CN1C(=O)OC2(CCN(CCC(C(=O)NCc3ccc(-n4cccn4)cc3)c3ccc(Cl)c(Cl)c3)CC2)c2cc(F)ccc21. The fraction of sp³-hybridized carbons (Fsp3) is 0.303. The summed E-state index contributed by atoms with van der Waals surface area (Å²) >= 11 is 12.5. The summed E-state index contributed by atoms with van der Waals surface area (Å²) in [7, 11) is 1.63. The van der Waals surface area contributed by atoms with Gasteiger partial charge in [-0.1, -0.05) is 41.4 Å². The van der Waals surface area contributed by atoms with E-state index in [9.17, 15) is 14.0 Å². The molecule has 0 bridgehead atoms. The topological polar surface area (TPSA) is 79.7 Å². The lowest BCUT2D eigenvalue weighted by Crippen LogP contribution is -2.51. The van der Waals surface area contributed by atoms with Crippen LogP contribution in [0.15, 0.2) is 79.1 Å². The van der Waals surface area contributed by atoms with Crippen LogP contribution in [0.4, 0.5) is 14.9 Å². The fourth-order valence-corrected chi connectivity index (χ4v) is 6.36. The van der Waals surface area contributed by atoms with Gasteiger partial charge in [0.1, 0.15) is 11.4 Å². The molecule has 1 unspecified atom stereocenters. The number of piperidine rings is 1. The molecule has 0 radical (unpaired) electrons. The second kappa shape index (κ2) is 12.6. The number of carbonyl (C=O) groups is 2. The van der Waals surface area contributed by atoms with E-state index in [0.717, 1.165) is 16.8 Å². The molecule has 0 aliphatic carbocycles. The monoisotopic (exact) mass is 635 g/mol. The number of amides is 2. The van der Waals surface area contributed by atoms with Crippen molar-refractivity contribution in [1.82, 2.24) is 20.0 Å². The number of fused-ring (bicyclic) bond motifs is 2. The Morgan fingerprint density at radius 3 is 2.55 bits per heavy atom. The van der Waals surface area contributed by atoms with Crippen LogP contribution in [0.2, 0.25) is 10.0 Å². The van der Waals surface area contributed by atoms with E-state index in [0.29, 0.717) is 66.7 Å². The van der Waals surface area contributed by atoms with Crippen LogP contribution in [-0.4, -0.2) is 53.4 Å². The maximum atomic E-state index is 14.3. The highest BCUT2D eigenvalue weighted by Gasteiger charge is 2.46. The molecule has 1 fully saturated rings. The first-order valence-corrected chi connectivity index (χ1v) is 15.3. The van der Waals surface area contributed by atoms with Crippen molar-refractivity contribution in [3.63, 3.8) is 0 Å². The first kappa shape index (κ1) is 30.1. The number of nitrogens with one attached hydrogen (secondary N) is 1. The van der Waals surface area contributed by atoms with Gasteiger partial charge in [-0.25, -0.2) is 13.9 Å². The second-order valence-corrected chi connectivity index (χ2v) is 12.1. The maximum Gasteiger partial charge on any atom is 0.414 e. The molecular formula is C33H32Cl2FN5O3. The molecule has 44 heavy (non-hydrogen) atoms. The van der Waals surface area contributed by atoms with E-state index in [-0.39, 0.29) is 11.7 Å². The van der Waals surface area contributed by atoms with Gasteiger partial charge in [0.25, 0.3) is 0 Å². The average Bonchev–Trinajstić information content (AvgIpc) is 3.57. The Morgan fingerprint density at radius 1 is 1.07 bits per heavy atom. The number of benzene rings is 3. The number of nitrogens with zero attached hydrogens (tertiary/aromatic N) is 4. The zero-order valence-electron chi connectivity index (χ0n) is 24.2. The number of likely N-dealkylation sites (tertiary alicyclic amines) is 1. The molecule has 228 valence electrons. The van der Waals surface area contributed by atoms with Gasteiger partial charge in [0.05, 0.1) is 27.3 Å². The maximum absolute atomic E-state index is 14.3. The van der Waals surface area contributed by atoms with Gasteiger partial charge in [-0.15, -0.1) is 0 Å². The van der Waals surface area contributed by atoms with Crippen molar-refractivity contribution >= 4 is 40.9 Å². The summed E-state index contributed by atoms with van der Waals surface area (Å²) in [5.74, 6) is -0.928. The Morgan fingerprint density at radius 2 is 1.84 bits per heavy atom. The van der Waals surface area contributed by atoms with Gasteiger partial charge in [0, 0.05) is 57.5 Å². The largest absolute Gasteiger partial charge is 0.437 e. The zero-order valence-corrected chi connectivity index (χ0v) is 25.7. The second-order valence-electron chi connectivity index (χ2n) is 11.3. The van der Waals surface area contributed by atoms with Crippen molar-refractivity contribution < 1.29 is 18.7 Å². The van der Waals surface area contributed by atoms with Crippen LogP contribution in [0.25, 0.3) is 5.69 Å². The minimum atomic E-state index is -0.870. The Labute approximate surface area is 265 Å². The van der Waals surface area contributed by atoms with Crippen LogP contribution in [0, 0.1) is 5.82 Å². The molecule has 4 aromatic rings. The van der Waals surface area contributed by atoms with Crippen molar-refractivity contribution in [2.75, 3.05) is 31.6 Å². The van der Waals surface area contributed by atoms with Gasteiger partial charge < -0.3 is 15.0 Å². The van der Waals surface area contributed by atoms with Crippen LogP contribution >= 0.6 is 23.2 Å². The zero-order chi connectivity index (χ0) is 30.8. The summed E-state index contributed by atoms with van der Waals surface area (Å²) in [6.07, 6.45) is 4.76. The summed E-state index contributed by atoms with van der Waals surface area (Å²) in [6, 6.07) is 19.5. The Hall–Kier alpha value is -3.92. The van der Waals surface area contributed by atoms with Crippen molar-refractivity contribution in [1.29, 1.82) is 0 Å². The number of rotatable bonds is 8. The van der Waals surface area contributed by atoms with Gasteiger partial charge >= 0.3 is 6.09 Å². The van der Waals surface area contributed by atoms with E-state index in [1.165, 1.54) is 17.0 Å². The molecule has 6 rings (SSSR count). The number of hydrogen-bond donors (Lipinski definition) is 1. The number of anilines is 1. The summed E-state index contributed by atoms with van der Waals surface area (Å²) < 4.78 is 21.9. The minimum Gasteiger partial charge on any atom is -0.437 e. The first-order valence-electron chi connectivity index (χ1n) is 14.5. The van der Waals surface area contributed by atoms with Crippen LogP contribution in [0.3, 0.4) is 0 Å². The lowest BCUT2D eigenvalue weighted by Gasteiger charge is -2.46. The van der Waals surface area contributed by atoms with E-state index in [4.69, 9.17) is 27.9 Å². The highest BCUT2D eigenvalue weighted by molar-refractivity contribution is 6.42. The predicted octanol–water partition coefficient (Wildman–Crippen LogP) is 6.69. The normalized spacial score (nSPS) is 16.8. The highest BCUT2D eigenvalue weighted by Crippen LogP contribution is 2.45. The van der Waals surface area contributed by atoms with E-state index >= 15 is 0 Å². The Kier molecular flexibility index (Phi) is 8.62. The van der Waals surface area contributed by atoms with Crippen LogP contribution in [-0.2, 0) is 21.7 Å². The number of carbonyl (C=O) groups excluding carboxylic acids is 2. The van der Waals surface area contributed by atoms with Crippen molar-refractivity contribution in [3.8, 4) is 5.69 Å². The number of hydrogen-bond acceptors (Lipinski definition) is 5. The Balaban J connectivity index is 1.12. The standard InChI is InChI=1S/C33H32Cl2FN5O3/c1-39-30-10-6-24(36)20-27(30)33(44-32(39)43)12-17-40(18-13-33)16-11-26(23-5-9-28(34)29(35)19-23)31(42)37-21-22-3-7-25(8-4-22)41-15-2-14-38-41/h2-10,14-15,19-20,26H,11-13,16-18,21H2,1H3,(H,37,42). The lowest BCUT2D eigenvalue weighted by molar-refractivity contribution is -0.123. The smallest absolute Gasteiger partial charge is 0.414 e. The van der Waals surface area contributed by atoms with Crippen molar-refractivity contribution in [3.05, 3.63) is 112 Å². The molecule has 3 heterocycles. The van der Waals surface area contributed by atoms with Crippen LogP contribution in [0.5, 0.6) is 0 Å². The summed E-state index contributed by atoms with van der Waals surface area (Å²) in [5.41, 5.74) is 3.19. The lowest BCUT2D eigenvalue weighted by atomic mass is 9.81. The molecule has 2 aliphatic heterocycles. The van der Waals surface area contributed by atoms with E-state index in [1.54, 1.807) is 36.1 Å². The third kappa shape index (κ3) is 6.18. The molecule has 8 nitrogen and oxygen atoms in total. The number of halogens is 3. The van der Waals surface area contributed by atoms with Crippen molar-refractivity contribution in [2.24, 2.45) is 0 Å². The molecule has 1 N–H and O–H groups in total. The van der Waals surface area contributed by atoms with Crippen LogP contribution in [0.1, 0.15) is 41.9 Å². The molecule has 1 atom stereocenters. The molecule has 2 amide bonds. The first-order chi connectivity index (χ1) is 21.2. The molecule has 3 aromatic carbocycles. The van der Waals surface area contributed by atoms with Gasteiger partial charge in [0.2, 0.25) is 5.91 Å². The average molecular weight is 637 g/mol. The molecule has 2 aliphatic rings. The molecule has 0 saturated carbocycles. The van der Waals surface area contributed by atoms with Gasteiger partial charge in [-0.05, 0) is 72.6 Å². The van der Waals surface area contributed by atoms with E-state index in [1.807, 2.05) is 42.6 Å². The Bertz CT molecular complexity index is 1660. The van der Waals surface area contributed by atoms with Crippen molar-refractivity contribution in [2.45, 2.75) is 37.3 Å². The summed E-state index contributed by atoms with van der Waals surface area (Å²) in [5, 5.41) is 8.16. The van der Waals surface area contributed by atoms with Gasteiger partial charge in [0.15, 0.2) is 0 Å². The van der Waals surface area contributed by atoms with E-state index < -0.39 is 17.6 Å². The quantitative estimate of drug-likeness (QED) is 0.233. The highest BCUT2D eigenvalue weighted by atomic mass is 35.5. The number of aromatic nitrogens is 2. The molecule has 11 heteroatoms. The van der Waals surface area contributed by atoms with Gasteiger partial charge in [-0.2, -0.15) is 5.10 Å². The van der Waals surface area contributed by atoms with Crippen LogP contribution < -0.4 is 10.2 Å². The third-order valence-corrected chi connectivity index (χ3v) is 9.34. The molecular weight excluding hydrogens is 604 g/mol. The van der Waals surface area contributed by atoms with Gasteiger partial charge in [-0.3, -0.25) is 9.69 Å². The molecule has 1 aromatic heterocycles.